The van der Waals surface area contributed by atoms with Gasteiger partial charge in [0.2, 0.25) is 5.88 Å². The van der Waals surface area contributed by atoms with E-state index in [0.29, 0.717) is 28.1 Å². The maximum absolute atomic E-state index is 12.9. The topological polar surface area (TPSA) is 97.7 Å². The van der Waals surface area contributed by atoms with E-state index in [1.165, 1.54) is 24.3 Å². The molecule has 156 valence electrons. The van der Waals surface area contributed by atoms with Gasteiger partial charge < -0.3 is 9.67 Å². The minimum Gasteiger partial charge on any atom is -0.494 e. The fourth-order valence-electron chi connectivity index (χ4n) is 4.08. The molecule has 1 amide bonds. The highest BCUT2D eigenvalue weighted by Crippen LogP contribution is 2.41. The molecule has 0 saturated heterocycles. The summed E-state index contributed by atoms with van der Waals surface area (Å²) in [6.45, 7) is 0. The molecule has 0 aliphatic carbocycles. The number of nitro groups is 1. The van der Waals surface area contributed by atoms with Gasteiger partial charge in [-0.25, -0.2) is 4.99 Å². The van der Waals surface area contributed by atoms with Crippen molar-refractivity contribution in [3.8, 4) is 28.3 Å². The molecule has 2 heterocycles. The summed E-state index contributed by atoms with van der Waals surface area (Å²) in [4.78, 5) is 27.5. The van der Waals surface area contributed by atoms with E-state index < -0.39 is 10.8 Å². The van der Waals surface area contributed by atoms with Crippen LogP contribution >= 0.6 is 0 Å². The molecule has 1 aliphatic rings. The van der Waals surface area contributed by atoms with Crippen LogP contribution in [0.3, 0.4) is 0 Å². The molecule has 1 aliphatic heterocycles. The molecule has 0 spiro atoms. The monoisotopic (exact) mass is 423 g/mol. The first-order chi connectivity index (χ1) is 15.5. The van der Waals surface area contributed by atoms with Crippen LogP contribution in [0.25, 0.3) is 22.4 Å². The van der Waals surface area contributed by atoms with Gasteiger partial charge in [-0.3, -0.25) is 14.9 Å². The highest BCUT2D eigenvalue weighted by Gasteiger charge is 2.35. The third-order valence-electron chi connectivity index (χ3n) is 5.62. The first kappa shape index (κ1) is 19.4. The highest BCUT2D eigenvalue weighted by molar-refractivity contribution is 6.30. The minimum atomic E-state index is -0.491. The second kappa shape index (κ2) is 7.31. The SMILES string of the molecule is Cn1c(O)c2c(c1-c1cccc(-c3ccccc3)c1)C(=O)N=C2c1ccc([N+](=O)[O-])cc1. The fraction of sp³-hybridized carbons (Fsp3) is 0.0400. The van der Waals surface area contributed by atoms with E-state index in [0.717, 1.165) is 16.7 Å². The van der Waals surface area contributed by atoms with Crippen molar-refractivity contribution in [3.63, 3.8) is 0 Å². The summed E-state index contributed by atoms with van der Waals surface area (Å²) in [5.74, 6) is -0.535. The molecule has 0 fully saturated rings. The first-order valence-electron chi connectivity index (χ1n) is 9.91. The molecule has 0 atom stereocenters. The Morgan fingerprint density at radius 2 is 1.50 bits per heavy atom. The number of aromatic hydroxyl groups is 1. The van der Waals surface area contributed by atoms with E-state index in [9.17, 15) is 20.0 Å². The standard InChI is InChI=1S/C25H17N3O4/c1-27-23(18-9-5-8-17(14-18)15-6-3-2-4-7-15)21-20(25(27)30)22(26-24(21)29)16-10-12-19(13-11-16)28(31)32/h2-14,30H,1H3. The zero-order valence-electron chi connectivity index (χ0n) is 17.0. The van der Waals surface area contributed by atoms with E-state index >= 15 is 0 Å². The summed E-state index contributed by atoms with van der Waals surface area (Å²) in [5, 5.41) is 21.9. The van der Waals surface area contributed by atoms with Gasteiger partial charge >= 0.3 is 0 Å². The Kier molecular flexibility index (Phi) is 4.44. The van der Waals surface area contributed by atoms with Gasteiger partial charge in [-0.15, -0.1) is 0 Å². The van der Waals surface area contributed by atoms with Gasteiger partial charge in [0, 0.05) is 24.7 Å². The molecule has 0 saturated carbocycles. The average Bonchev–Trinajstić information content (AvgIpc) is 3.29. The average molecular weight is 423 g/mol. The molecular weight excluding hydrogens is 406 g/mol. The summed E-state index contributed by atoms with van der Waals surface area (Å²) < 4.78 is 1.58. The zero-order chi connectivity index (χ0) is 22.4. The van der Waals surface area contributed by atoms with Crippen molar-refractivity contribution < 1.29 is 14.8 Å². The second-order valence-corrected chi connectivity index (χ2v) is 7.50. The number of aliphatic imine (C=N–C) groups is 1. The Hall–Kier alpha value is -4.52. The van der Waals surface area contributed by atoms with E-state index in [-0.39, 0.29) is 11.6 Å². The molecule has 3 aromatic carbocycles. The lowest BCUT2D eigenvalue weighted by Crippen LogP contribution is -2.01. The van der Waals surface area contributed by atoms with Gasteiger partial charge in [0.25, 0.3) is 11.6 Å². The molecule has 7 nitrogen and oxygen atoms in total. The van der Waals surface area contributed by atoms with Gasteiger partial charge in [-0.2, -0.15) is 0 Å². The van der Waals surface area contributed by atoms with E-state index in [1.54, 1.807) is 11.6 Å². The van der Waals surface area contributed by atoms with Crippen molar-refractivity contribution in [3.05, 3.63) is 106 Å². The molecule has 7 heteroatoms. The van der Waals surface area contributed by atoms with E-state index in [1.807, 2.05) is 54.6 Å². The molecular formula is C25H17N3O4. The number of carbonyl (C=O) groups excluding carboxylic acids is 1. The third kappa shape index (κ3) is 2.99. The van der Waals surface area contributed by atoms with Gasteiger partial charge in [0.15, 0.2) is 0 Å². The van der Waals surface area contributed by atoms with Crippen molar-refractivity contribution in [1.82, 2.24) is 4.57 Å². The van der Waals surface area contributed by atoms with Crippen molar-refractivity contribution in [1.29, 1.82) is 0 Å². The Labute approximate surface area is 183 Å². The van der Waals surface area contributed by atoms with Crippen LogP contribution in [0, 0.1) is 10.1 Å². The number of benzene rings is 3. The number of hydrogen-bond acceptors (Lipinski definition) is 4. The maximum Gasteiger partial charge on any atom is 0.280 e. The quantitative estimate of drug-likeness (QED) is 0.370. The smallest absolute Gasteiger partial charge is 0.280 e. The van der Waals surface area contributed by atoms with Crippen LogP contribution in [0.4, 0.5) is 5.69 Å². The summed E-state index contributed by atoms with van der Waals surface area (Å²) in [6, 6.07) is 23.4. The van der Waals surface area contributed by atoms with Crippen molar-refractivity contribution in [2.75, 3.05) is 0 Å². The van der Waals surface area contributed by atoms with Crippen molar-refractivity contribution >= 4 is 17.3 Å². The number of hydrogen-bond donors (Lipinski definition) is 1. The minimum absolute atomic E-state index is 0.0606. The van der Waals surface area contributed by atoms with Gasteiger partial charge in [0.1, 0.15) is 0 Å². The first-order valence-corrected chi connectivity index (χ1v) is 9.91. The number of amides is 1. The molecule has 0 bridgehead atoms. The predicted molar refractivity (Wildman–Crippen MR) is 121 cm³/mol. The molecule has 1 N–H and O–H groups in total. The number of nitrogens with zero attached hydrogens (tertiary/aromatic N) is 3. The van der Waals surface area contributed by atoms with Crippen LogP contribution in [0.2, 0.25) is 0 Å². The molecule has 0 radical (unpaired) electrons. The lowest BCUT2D eigenvalue weighted by Gasteiger charge is -2.09. The highest BCUT2D eigenvalue weighted by atomic mass is 16.6. The number of rotatable bonds is 4. The van der Waals surface area contributed by atoms with Crippen molar-refractivity contribution in [2.24, 2.45) is 12.0 Å². The van der Waals surface area contributed by atoms with Crippen LogP contribution in [-0.4, -0.2) is 26.2 Å². The summed E-state index contributed by atoms with van der Waals surface area (Å²) >= 11 is 0. The normalized spacial score (nSPS) is 12.5. The number of aromatic nitrogens is 1. The molecule has 0 unspecified atom stereocenters. The summed E-state index contributed by atoms with van der Waals surface area (Å²) in [7, 11) is 1.69. The fourth-order valence-corrected chi connectivity index (χ4v) is 4.08. The number of non-ortho nitro benzene ring substituents is 1. The number of carbonyl (C=O) groups is 1. The lowest BCUT2D eigenvalue weighted by molar-refractivity contribution is -0.384. The van der Waals surface area contributed by atoms with Crippen LogP contribution < -0.4 is 0 Å². The van der Waals surface area contributed by atoms with Gasteiger partial charge in [-0.05, 0) is 34.9 Å². The number of nitro benzene ring substituents is 1. The maximum atomic E-state index is 12.9. The molecule has 4 aromatic rings. The van der Waals surface area contributed by atoms with Crippen LogP contribution in [0.15, 0.2) is 83.9 Å². The number of fused-ring (bicyclic) bond motifs is 1. The Bertz CT molecular complexity index is 1420. The molecule has 5 rings (SSSR count). The Morgan fingerprint density at radius 1 is 0.844 bits per heavy atom. The Balaban J connectivity index is 1.64. The van der Waals surface area contributed by atoms with Gasteiger partial charge in [0.05, 0.1) is 27.5 Å². The predicted octanol–water partition coefficient (Wildman–Crippen LogP) is 4.96. The van der Waals surface area contributed by atoms with Gasteiger partial charge in [-0.1, -0.05) is 48.5 Å². The molecule has 32 heavy (non-hydrogen) atoms. The Morgan fingerprint density at radius 3 is 2.19 bits per heavy atom. The second-order valence-electron chi connectivity index (χ2n) is 7.50. The van der Waals surface area contributed by atoms with E-state index in [2.05, 4.69) is 4.99 Å². The van der Waals surface area contributed by atoms with E-state index in [4.69, 9.17) is 0 Å². The van der Waals surface area contributed by atoms with Crippen LogP contribution in [0.5, 0.6) is 5.88 Å². The summed E-state index contributed by atoms with van der Waals surface area (Å²) in [5.41, 5.74) is 4.80. The van der Waals surface area contributed by atoms with Crippen LogP contribution in [0.1, 0.15) is 21.5 Å². The third-order valence-corrected chi connectivity index (χ3v) is 5.62. The van der Waals surface area contributed by atoms with Crippen LogP contribution in [-0.2, 0) is 7.05 Å². The zero-order valence-corrected chi connectivity index (χ0v) is 17.0. The van der Waals surface area contributed by atoms with Crippen molar-refractivity contribution in [2.45, 2.75) is 0 Å². The largest absolute Gasteiger partial charge is 0.494 e. The molecule has 1 aromatic heterocycles. The summed E-state index contributed by atoms with van der Waals surface area (Å²) in [6.07, 6.45) is 0. The lowest BCUT2D eigenvalue weighted by atomic mass is 9.97.